The van der Waals surface area contributed by atoms with Gasteiger partial charge in [0.15, 0.2) is 0 Å². The van der Waals surface area contributed by atoms with Gasteiger partial charge in [0.1, 0.15) is 0 Å². The van der Waals surface area contributed by atoms with E-state index in [4.69, 9.17) is 0 Å². The molecule has 1 atom stereocenters. The van der Waals surface area contributed by atoms with E-state index in [0.717, 1.165) is 25.0 Å². The number of likely N-dealkylation sites (tertiary alicyclic amines) is 1. The van der Waals surface area contributed by atoms with Crippen molar-refractivity contribution in [3.05, 3.63) is 29.8 Å². The normalized spacial score (nSPS) is 17.0. The van der Waals surface area contributed by atoms with E-state index in [1.165, 1.54) is 19.2 Å². The smallest absolute Gasteiger partial charge is 0.416 e. The molecule has 1 aliphatic heterocycles. The largest absolute Gasteiger partial charge is 0.469 e. The molecule has 1 aromatic carbocycles. The number of nitrogens with one attached hydrogen (secondary N) is 1. The minimum Gasteiger partial charge on any atom is -0.469 e. The Labute approximate surface area is 167 Å². The van der Waals surface area contributed by atoms with Crippen LogP contribution in [0.25, 0.3) is 0 Å². The average Bonchev–Trinajstić information content (AvgIpc) is 2.70. The first-order valence-corrected chi connectivity index (χ1v) is 9.50. The Kier molecular flexibility index (Phi) is 8.04. The number of methoxy groups -OCH3 is 1. The highest BCUT2D eigenvalue weighted by atomic mass is 19.4. The quantitative estimate of drug-likeness (QED) is 0.692. The monoisotopic (exact) mass is 414 g/mol. The van der Waals surface area contributed by atoms with Gasteiger partial charge in [-0.05, 0) is 49.4 Å². The molecule has 1 saturated heterocycles. The third-order valence-corrected chi connectivity index (χ3v) is 4.92. The topological polar surface area (TPSA) is 75.7 Å². The molecule has 0 bridgehead atoms. The number of carbonyl (C=O) groups is 3. The molecule has 0 aliphatic carbocycles. The van der Waals surface area contributed by atoms with Crippen molar-refractivity contribution in [3.8, 4) is 0 Å². The standard InChI is InChI=1S/C20H25F3N2O4/c1-29-19(28)11-10-18(27)25-12-2-3-14(13-25)4-9-17(26)24-16-7-5-15(6-8-16)20(21,22)23/h5-8,14H,2-4,9-13H2,1H3,(H,24,26)/t14-/m1/s1. The summed E-state index contributed by atoms with van der Waals surface area (Å²) in [4.78, 5) is 37.2. The van der Waals surface area contributed by atoms with Crippen molar-refractivity contribution in [2.24, 2.45) is 5.92 Å². The van der Waals surface area contributed by atoms with E-state index >= 15 is 0 Å². The summed E-state index contributed by atoms with van der Waals surface area (Å²) in [6, 6.07) is 4.30. The van der Waals surface area contributed by atoms with Gasteiger partial charge in [-0.15, -0.1) is 0 Å². The number of rotatable bonds is 7. The first-order chi connectivity index (χ1) is 13.7. The minimum absolute atomic E-state index is 0.0477. The minimum atomic E-state index is -4.41. The highest BCUT2D eigenvalue weighted by Crippen LogP contribution is 2.30. The van der Waals surface area contributed by atoms with E-state index < -0.39 is 17.7 Å². The lowest BCUT2D eigenvalue weighted by atomic mass is 9.93. The number of hydrogen-bond acceptors (Lipinski definition) is 4. The molecule has 160 valence electrons. The van der Waals surface area contributed by atoms with Gasteiger partial charge < -0.3 is 15.0 Å². The van der Waals surface area contributed by atoms with Crippen LogP contribution in [-0.4, -0.2) is 42.9 Å². The summed E-state index contributed by atoms with van der Waals surface area (Å²) >= 11 is 0. The van der Waals surface area contributed by atoms with E-state index in [-0.39, 0.29) is 37.0 Å². The number of esters is 1. The van der Waals surface area contributed by atoms with Gasteiger partial charge in [0.25, 0.3) is 0 Å². The van der Waals surface area contributed by atoms with Crippen LogP contribution in [-0.2, 0) is 25.3 Å². The first-order valence-electron chi connectivity index (χ1n) is 9.50. The summed E-state index contributed by atoms with van der Waals surface area (Å²) in [6.45, 7) is 1.17. The third kappa shape index (κ3) is 7.40. The lowest BCUT2D eigenvalue weighted by Gasteiger charge is -2.32. The van der Waals surface area contributed by atoms with Crippen LogP contribution in [0.2, 0.25) is 0 Å². The molecule has 0 unspecified atom stereocenters. The van der Waals surface area contributed by atoms with Crippen LogP contribution in [0.15, 0.2) is 24.3 Å². The zero-order valence-electron chi connectivity index (χ0n) is 16.3. The van der Waals surface area contributed by atoms with Crippen LogP contribution in [0.3, 0.4) is 0 Å². The van der Waals surface area contributed by atoms with Crippen LogP contribution in [0, 0.1) is 5.92 Å². The fourth-order valence-electron chi connectivity index (χ4n) is 3.30. The van der Waals surface area contributed by atoms with E-state index in [0.29, 0.717) is 25.2 Å². The Bertz CT molecular complexity index is 719. The average molecular weight is 414 g/mol. The molecule has 0 spiro atoms. The van der Waals surface area contributed by atoms with Gasteiger partial charge in [0.05, 0.1) is 19.1 Å². The molecule has 1 fully saturated rings. The summed E-state index contributed by atoms with van der Waals surface area (Å²) in [7, 11) is 1.28. The van der Waals surface area contributed by atoms with Crippen molar-refractivity contribution >= 4 is 23.5 Å². The third-order valence-electron chi connectivity index (χ3n) is 4.92. The summed E-state index contributed by atoms with van der Waals surface area (Å²) in [6.07, 6.45) is -1.74. The highest BCUT2D eigenvalue weighted by molar-refractivity contribution is 5.90. The van der Waals surface area contributed by atoms with Crippen LogP contribution >= 0.6 is 0 Å². The van der Waals surface area contributed by atoms with E-state index in [1.807, 2.05) is 0 Å². The molecule has 0 radical (unpaired) electrons. The molecule has 1 aromatic rings. The van der Waals surface area contributed by atoms with Gasteiger partial charge >= 0.3 is 12.1 Å². The molecule has 2 amide bonds. The Hall–Kier alpha value is -2.58. The van der Waals surface area contributed by atoms with Gasteiger partial charge in [-0.25, -0.2) is 0 Å². The van der Waals surface area contributed by atoms with Gasteiger partial charge in [-0.2, -0.15) is 13.2 Å². The van der Waals surface area contributed by atoms with E-state index in [1.54, 1.807) is 4.90 Å². The van der Waals surface area contributed by atoms with Crippen LogP contribution in [0.1, 0.15) is 44.1 Å². The zero-order valence-corrected chi connectivity index (χ0v) is 16.3. The Morgan fingerprint density at radius 1 is 1.14 bits per heavy atom. The zero-order chi connectivity index (χ0) is 21.4. The second kappa shape index (κ2) is 10.3. The predicted molar refractivity (Wildman–Crippen MR) is 99.9 cm³/mol. The number of piperidine rings is 1. The summed E-state index contributed by atoms with van der Waals surface area (Å²) in [5, 5.41) is 2.60. The van der Waals surface area contributed by atoms with Crippen molar-refractivity contribution < 1.29 is 32.3 Å². The van der Waals surface area contributed by atoms with E-state index in [9.17, 15) is 27.6 Å². The van der Waals surface area contributed by atoms with E-state index in [2.05, 4.69) is 10.1 Å². The molecule has 29 heavy (non-hydrogen) atoms. The number of anilines is 1. The number of hydrogen-bond donors (Lipinski definition) is 1. The Balaban J connectivity index is 1.76. The number of amides is 2. The maximum Gasteiger partial charge on any atom is 0.416 e. The van der Waals surface area contributed by atoms with Crippen molar-refractivity contribution in [1.29, 1.82) is 0 Å². The van der Waals surface area contributed by atoms with Gasteiger partial charge in [0, 0.05) is 31.6 Å². The molecule has 9 heteroatoms. The molecule has 0 aromatic heterocycles. The second-order valence-corrected chi connectivity index (χ2v) is 7.09. The van der Waals surface area contributed by atoms with Gasteiger partial charge in [0.2, 0.25) is 11.8 Å². The molecule has 1 heterocycles. The lowest BCUT2D eigenvalue weighted by molar-refractivity contribution is -0.144. The molecule has 2 rings (SSSR count). The summed E-state index contributed by atoms with van der Waals surface area (Å²) in [5.41, 5.74) is -0.457. The lowest BCUT2D eigenvalue weighted by Crippen LogP contribution is -2.40. The molecule has 0 saturated carbocycles. The fourth-order valence-corrected chi connectivity index (χ4v) is 3.30. The number of benzene rings is 1. The molecule has 6 nitrogen and oxygen atoms in total. The van der Waals surface area contributed by atoms with Crippen LogP contribution in [0.5, 0.6) is 0 Å². The maximum absolute atomic E-state index is 12.6. The number of alkyl halides is 3. The number of carbonyl (C=O) groups excluding carboxylic acids is 3. The van der Waals surface area contributed by atoms with Gasteiger partial charge in [-0.3, -0.25) is 14.4 Å². The fraction of sp³-hybridized carbons (Fsp3) is 0.550. The summed E-state index contributed by atoms with van der Waals surface area (Å²) < 4.78 is 42.2. The molecule has 1 N–H and O–H groups in total. The SMILES string of the molecule is COC(=O)CCC(=O)N1CCC[C@H](CCC(=O)Nc2ccc(C(F)(F)F)cc2)C1. The van der Waals surface area contributed by atoms with Crippen molar-refractivity contribution in [2.75, 3.05) is 25.5 Å². The van der Waals surface area contributed by atoms with Crippen LogP contribution < -0.4 is 5.32 Å². The van der Waals surface area contributed by atoms with Crippen molar-refractivity contribution in [3.63, 3.8) is 0 Å². The second-order valence-electron chi connectivity index (χ2n) is 7.09. The summed E-state index contributed by atoms with van der Waals surface area (Å²) in [5.74, 6) is -0.635. The predicted octanol–water partition coefficient (Wildman–Crippen LogP) is 3.62. The first kappa shape index (κ1) is 22.7. The molecule has 1 aliphatic rings. The molecular weight excluding hydrogens is 389 g/mol. The molecular formula is C20H25F3N2O4. The van der Waals surface area contributed by atoms with Crippen molar-refractivity contribution in [1.82, 2.24) is 4.90 Å². The van der Waals surface area contributed by atoms with Crippen LogP contribution in [0.4, 0.5) is 18.9 Å². The number of ether oxygens (including phenoxy) is 1. The van der Waals surface area contributed by atoms with Crippen molar-refractivity contribution in [2.45, 2.75) is 44.7 Å². The highest BCUT2D eigenvalue weighted by Gasteiger charge is 2.30. The van der Waals surface area contributed by atoms with Gasteiger partial charge in [-0.1, -0.05) is 0 Å². The Morgan fingerprint density at radius 2 is 1.83 bits per heavy atom. The Morgan fingerprint density at radius 3 is 2.45 bits per heavy atom. The number of nitrogens with zero attached hydrogens (tertiary/aromatic N) is 1. The number of halogens is 3. The maximum atomic E-state index is 12.6.